The normalized spacial score (nSPS) is 11.0. The van der Waals surface area contributed by atoms with E-state index < -0.39 is 23.4 Å². The molecule has 0 fully saturated rings. The van der Waals surface area contributed by atoms with Gasteiger partial charge in [0.1, 0.15) is 11.2 Å². The molecule has 0 radical (unpaired) electrons. The van der Waals surface area contributed by atoms with Gasteiger partial charge in [-0.25, -0.2) is 9.59 Å². The fourth-order valence-corrected chi connectivity index (χ4v) is 7.20. The van der Waals surface area contributed by atoms with Crippen molar-refractivity contribution >= 4 is 34.6 Å². The highest BCUT2D eigenvalue weighted by Crippen LogP contribution is 2.28. The second kappa shape index (κ2) is 24.9. The average Bonchev–Trinajstić information content (AvgIpc) is 3.80. The Morgan fingerprint density at radius 1 is 0.559 bits per heavy atom. The highest BCUT2D eigenvalue weighted by atomic mass is 16.6. The minimum absolute atomic E-state index is 0.385. The van der Waals surface area contributed by atoms with Crippen molar-refractivity contribution in [2.75, 3.05) is 24.3 Å². The van der Waals surface area contributed by atoms with Crippen molar-refractivity contribution in [3.05, 3.63) is 204 Å². The molecule has 0 aliphatic carbocycles. The summed E-state index contributed by atoms with van der Waals surface area (Å²) >= 11 is 0. The Bertz CT molecular complexity index is 2700. The molecule has 2 amide bonds. The van der Waals surface area contributed by atoms with Crippen LogP contribution >= 0.6 is 0 Å². The van der Waals surface area contributed by atoms with Crippen LogP contribution in [0.1, 0.15) is 75.2 Å². The minimum atomic E-state index is -0.493. The molecule has 0 atom stereocenters. The number of amides is 2. The number of carbonyl (C=O) groups is 2. The number of anilines is 2. The van der Waals surface area contributed by atoms with Crippen molar-refractivity contribution in [3.8, 4) is 0 Å². The van der Waals surface area contributed by atoms with Gasteiger partial charge in [-0.2, -0.15) is 0 Å². The van der Waals surface area contributed by atoms with Crippen molar-refractivity contribution in [1.82, 2.24) is 29.0 Å². The molecule has 12 heteroatoms. The van der Waals surface area contributed by atoms with Crippen LogP contribution < -0.4 is 15.5 Å². The topological polar surface area (TPSA) is 118 Å². The lowest BCUT2D eigenvalue weighted by atomic mass is 10.2. The molecule has 6 heterocycles. The molecule has 0 unspecified atom stereocenters. The summed E-state index contributed by atoms with van der Waals surface area (Å²) in [7, 11) is 4.27. The van der Waals surface area contributed by atoms with Crippen LogP contribution in [-0.4, -0.2) is 61.2 Å². The summed E-state index contributed by atoms with van der Waals surface area (Å²) in [6.45, 7) is 18.3. The number of nitrogens with one attached hydrogen (secondary N) is 2. The second-order valence-electron chi connectivity index (χ2n) is 18.5. The molecule has 8 aromatic rings. The summed E-state index contributed by atoms with van der Waals surface area (Å²) in [6.07, 6.45) is 10.9. The number of hydrogen-bond acceptors (Lipinski definition) is 8. The first-order valence-electron chi connectivity index (χ1n) is 22.8. The number of fused-ring (bicyclic) bond motifs is 2. The zero-order valence-corrected chi connectivity index (χ0v) is 41.3. The minimum Gasteiger partial charge on any atom is -0.444 e. The fraction of sp³-hybridized carbons (Fsp3) is 0.286. The van der Waals surface area contributed by atoms with Crippen LogP contribution in [0.15, 0.2) is 171 Å². The Hall–Kier alpha value is -7.44. The lowest BCUT2D eigenvalue weighted by Crippen LogP contribution is -2.32. The Morgan fingerprint density at radius 2 is 1.04 bits per heavy atom. The number of rotatable bonds is 10. The molecular weight excluding hydrogens is 849 g/mol. The van der Waals surface area contributed by atoms with Crippen LogP contribution in [0.2, 0.25) is 0 Å². The number of benzene rings is 2. The van der Waals surface area contributed by atoms with Crippen LogP contribution in [0.25, 0.3) is 11.0 Å². The first-order valence-corrected chi connectivity index (χ1v) is 22.8. The van der Waals surface area contributed by atoms with Crippen molar-refractivity contribution in [3.63, 3.8) is 0 Å². The maximum absolute atomic E-state index is 11.8. The van der Waals surface area contributed by atoms with E-state index in [1.807, 2.05) is 126 Å². The number of alkyl carbamates (subject to hydrolysis) is 1. The molecular formula is C56H68N8O4. The SMILES string of the molecule is CC(C)(C)OC(=O)NCc1ccccn1.CN(Cc1ccccc1)Cc1ccccn1.Cc1cn2ccccc2c1N(C)Cc1ccccc1.Cc1cn2ccccc2c1NC(=O)OC(C)(C)C. The number of aromatic nitrogens is 4. The molecule has 68 heavy (non-hydrogen) atoms. The van der Waals surface area contributed by atoms with Gasteiger partial charge in [-0.1, -0.05) is 84.9 Å². The molecule has 0 aliphatic rings. The third-order valence-corrected chi connectivity index (χ3v) is 9.97. The van der Waals surface area contributed by atoms with Gasteiger partial charge in [0, 0.05) is 63.9 Å². The Labute approximate surface area is 402 Å². The van der Waals surface area contributed by atoms with E-state index in [-0.39, 0.29) is 0 Å². The average molecular weight is 917 g/mol. The Balaban J connectivity index is 0.000000170. The van der Waals surface area contributed by atoms with Gasteiger partial charge in [0.05, 0.1) is 40.3 Å². The van der Waals surface area contributed by atoms with Crippen molar-refractivity contribution < 1.29 is 19.1 Å². The predicted octanol–water partition coefficient (Wildman–Crippen LogP) is 12.3. The molecule has 2 aromatic carbocycles. The largest absolute Gasteiger partial charge is 0.444 e. The molecule has 0 saturated carbocycles. The summed E-state index contributed by atoms with van der Waals surface area (Å²) < 4.78 is 14.5. The number of carbonyl (C=O) groups excluding carboxylic acids is 2. The first kappa shape index (κ1) is 51.5. The maximum Gasteiger partial charge on any atom is 0.412 e. The summed E-state index contributed by atoms with van der Waals surface area (Å²) in [5.74, 6) is 0. The van der Waals surface area contributed by atoms with Gasteiger partial charge in [0.15, 0.2) is 0 Å². The molecule has 0 spiro atoms. The number of pyridine rings is 4. The summed E-state index contributed by atoms with van der Waals surface area (Å²) in [6, 6.07) is 44.8. The van der Waals surface area contributed by atoms with Crippen LogP contribution in [-0.2, 0) is 35.7 Å². The molecule has 2 N–H and O–H groups in total. The Morgan fingerprint density at radius 3 is 1.60 bits per heavy atom. The zero-order chi connectivity index (χ0) is 49.1. The third kappa shape index (κ3) is 17.4. The molecule has 0 aliphatic heterocycles. The predicted molar refractivity (Wildman–Crippen MR) is 276 cm³/mol. The third-order valence-electron chi connectivity index (χ3n) is 9.97. The summed E-state index contributed by atoms with van der Waals surface area (Å²) in [5.41, 5.74) is 10.3. The van der Waals surface area contributed by atoms with E-state index in [2.05, 4.69) is 147 Å². The Kier molecular flexibility index (Phi) is 18.9. The second-order valence-corrected chi connectivity index (χ2v) is 18.5. The van der Waals surface area contributed by atoms with Gasteiger partial charge in [-0.15, -0.1) is 0 Å². The molecule has 0 bridgehead atoms. The van der Waals surface area contributed by atoms with E-state index >= 15 is 0 Å². The summed E-state index contributed by atoms with van der Waals surface area (Å²) in [5, 5.41) is 5.44. The molecule has 356 valence electrons. The number of ether oxygens (including phenoxy) is 2. The molecule has 0 saturated heterocycles. The van der Waals surface area contributed by atoms with E-state index in [4.69, 9.17) is 9.47 Å². The van der Waals surface area contributed by atoms with Crippen molar-refractivity contribution in [2.45, 2.75) is 92.8 Å². The first-order chi connectivity index (χ1) is 32.4. The maximum atomic E-state index is 11.8. The van der Waals surface area contributed by atoms with Crippen LogP contribution in [0, 0.1) is 13.8 Å². The highest BCUT2D eigenvalue weighted by molar-refractivity contribution is 5.92. The van der Waals surface area contributed by atoms with Gasteiger partial charge in [-0.3, -0.25) is 20.2 Å². The molecule has 8 rings (SSSR count). The van der Waals surface area contributed by atoms with Gasteiger partial charge in [0.25, 0.3) is 0 Å². The van der Waals surface area contributed by atoms with Crippen molar-refractivity contribution in [2.24, 2.45) is 0 Å². The van der Waals surface area contributed by atoms with E-state index in [0.29, 0.717) is 6.54 Å². The smallest absolute Gasteiger partial charge is 0.412 e. The zero-order valence-electron chi connectivity index (χ0n) is 41.3. The molecule has 12 nitrogen and oxygen atoms in total. The van der Waals surface area contributed by atoms with Gasteiger partial charge in [-0.05, 0) is 133 Å². The van der Waals surface area contributed by atoms with Crippen LogP contribution in [0.4, 0.5) is 21.0 Å². The highest BCUT2D eigenvalue weighted by Gasteiger charge is 2.19. The lowest BCUT2D eigenvalue weighted by Gasteiger charge is -2.20. The van der Waals surface area contributed by atoms with E-state index in [0.717, 1.165) is 47.8 Å². The quantitative estimate of drug-likeness (QED) is 0.139. The van der Waals surface area contributed by atoms with Gasteiger partial charge in [0.2, 0.25) is 0 Å². The van der Waals surface area contributed by atoms with Gasteiger partial charge >= 0.3 is 12.2 Å². The van der Waals surface area contributed by atoms with Gasteiger partial charge < -0.3 is 28.5 Å². The number of hydrogen-bond donors (Lipinski definition) is 2. The van der Waals surface area contributed by atoms with E-state index in [9.17, 15) is 9.59 Å². The lowest BCUT2D eigenvalue weighted by molar-refractivity contribution is 0.0521. The standard InChI is InChI=1S/C17H18N2.C14H18N2O2.C14H16N2.C11H16N2O2/c1-14-12-19-11-7-6-10-16(19)17(14)18(2)13-15-8-4-3-5-9-15;1-10-9-16-8-6-5-7-11(16)12(10)15-13(17)18-14(2,3)4;1-16(11-13-7-3-2-4-8-13)12-14-9-5-6-10-15-14;1-11(2,3)15-10(14)13-8-9-6-4-5-7-12-9/h3-12H,13H2,1-2H3;5-9H,1-4H3,(H,15,17);2-10H,11-12H2,1H3;4-7H,8H2,1-3H3,(H,13,14). The van der Waals surface area contributed by atoms with Crippen molar-refractivity contribution in [1.29, 1.82) is 0 Å². The number of nitrogens with zero attached hydrogens (tertiary/aromatic N) is 6. The number of aryl methyl sites for hydroxylation is 2. The van der Waals surface area contributed by atoms with E-state index in [1.165, 1.54) is 27.9 Å². The summed E-state index contributed by atoms with van der Waals surface area (Å²) in [4.78, 5) is 36.0. The fourth-order valence-electron chi connectivity index (χ4n) is 7.20. The molecule has 6 aromatic heterocycles. The van der Waals surface area contributed by atoms with Crippen LogP contribution in [0.3, 0.4) is 0 Å². The van der Waals surface area contributed by atoms with E-state index in [1.54, 1.807) is 6.20 Å². The monoisotopic (exact) mass is 917 g/mol. The van der Waals surface area contributed by atoms with Crippen LogP contribution in [0.5, 0.6) is 0 Å².